The predicted molar refractivity (Wildman–Crippen MR) is 55.1 cm³/mol. The second-order valence-corrected chi connectivity index (χ2v) is 5.31. The number of ether oxygens (including phenoxy) is 1. The molecule has 0 bridgehead atoms. The topological polar surface area (TPSA) is 26.3 Å². The summed E-state index contributed by atoms with van der Waals surface area (Å²) in [5, 5.41) is 0. The van der Waals surface area contributed by atoms with Crippen molar-refractivity contribution in [1.29, 1.82) is 0 Å². The highest BCUT2D eigenvalue weighted by molar-refractivity contribution is 9.10. The van der Waals surface area contributed by atoms with E-state index in [-0.39, 0.29) is 0 Å². The summed E-state index contributed by atoms with van der Waals surface area (Å²) in [7, 11) is -0.898. The first-order chi connectivity index (χ1) is 6.27. The second kappa shape index (κ2) is 3.90. The summed E-state index contributed by atoms with van der Waals surface area (Å²) in [5.74, 6) is 0.601. The van der Waals surface area contributed by atoms with Crippen LogP contribution in [0, 0.1) is 0 Å². The largest absolute Gasteiger partial charge is 0.376 e. The van der Waals surface area contributed by atoms with Gasteiger partial charge in [-0.15, -0.1) is 0 Å². The van der Waals surface area contributed by atoms with Gasteiger partial charge in [0.05, 0.1) is 29.8 Å². The lowest BCUT2D eigenvalue weighted by atomic mass is 10.2. The maximum Gasteiger partial charge on any atom is 0.0729 e. The Hall–Kier alpha value is -0.190. The van der Waals surface area contributed by atoms with Crippen LogP contribution in [-0.2, 0) is 22.1 Å². The van der Waals surface area contributed by atoms with Gasteiger partial charge < -0.3 is 4.74 Å². The van der Waals surface area contributed by atoms with Crippen LogP contribution in [0.5, 0.6) is 0 Å². The van der Waals surface area contributed by atoms with Crippen molar-refractivity contribution in [2.75, 3.05) is 12.4 Å². The molecule has 2 rings (SSSR count). The fraction of sp³-hybridized carbons (Fsp3) is 0.333. The van der Waals surface area contributed by atoms with Crippen molar-refractivity contribution in [2.24, 2.45) is 0 Å². The van der Waals surface area contributed by atoms with Crippen molar-refractivity contribution in [2.45, 2.75) is 11.5 Å². The molecule has 2 nitrogen and oxygen atoms in total. The first-order valence-corrected chi connectivity index (χ1v) is 6.13. The third-order valence-electron chi connectivity index (χ3n) is 1.95. The lowest BCUT2D eigenvalue weighted by Crippen LogP contribution is -2.00. The Labute approximate surface area is 87.9 Å². The van der Waals surface area contributed by atoms with Crippen LogP contribution in [0.3, 0.4) is 0 Å². The van der Waals surface area contributed by atoms with E-state index in [9.17, 15) is 4.21 Å². The molecule has 1 aliphatic rings. The van der Waals surface area contributed by atoms with Gasteiger partial charge in [0.25, 0.3) is 0 Å². The molecule has 1 unspecified atom stereocenters. The van der Waals surface area contributed by atoms with Crippen molar-refractivity contribution < 1.29 is 8.95 Å². The lowest BCUT2D eigenvalue weighted by Gasteiger charge is -2.03. The summed E-state index contributed by atoms with van der Waals surface area (Å²) in [6, 6.07) is 5.83. The Morgan fingerprint density at radius 3 is 3.15 bits per heavy atom. The van der Waals surface area contributed by atoms with Crippen LogP contribution in [0.2, 0.25) is 0 Å². The maximum absolute atomic E-state index is 11.7. The highest BCUT2D eigenvalue weighted by Gasteiger charge is 2.14. The number of benzene rings is 1. The summed E-state index contributed by atoms with van der Waals surface area (Å²) in [6.07, 6.45) is 0. The van der Waals surface area contributed by atoms with Gasteiger partial charge in [-0.25, -0.2) is 0 Å². The van der Waals surface area contributed by atoms with Crippen molar-refractivity contribution in [1.82, 2.24) is 0 Å². The number of fused-ring (bicyclic) bond motifs is 1. The first-order valence-electron chi connectivity index (χ1n) is 4.02. The van der Waals surface area contributed by atoms with Crippen LogP contribution >= 0.6 is 15.9 Å². The van der Waals surface area contributed by atoms with Gasteiger partial charge in [-0.2, -0.15) is 0 Å². The molecule has 0 saturated carbocycles. The molecule has 0 aromatic heterocycles. The molecule has 0 spiro atoms. The molecule has 0 radical (unpaired) electrons. The Morgan fingerprint density at radius 1 is 1.46 bits per heavy atom. The molecule has 1 aliphatic heterocycles. The normalized spacial score (nSPS) is 22.1. The molecular weight excluding hydrogens is 252 g/mol. The second-order valence-electron chi connectivity index (χ2n) is 2.85. The minimum Gasteiger partial charge on any atom is -0.376 e. The standard InChI is InChI=1S/C9H9BrO2S/c10-8-2-1-7-6-12-3-4-13(11)9(7)5-8/h1-2,5H,3-4,6H2. The van der Waals surface area contributed by atoms with Gasteiger partial charge in [-0.3, -0.25) is 4.21 Å². The van der Waals surface area contributed by atoms with Crippen LogP contribution in [0.25, 0.3) is 0 Å². The number of hydrogen-bond donors (Lipinski definition) is 0. The third kappa shape index (κ3) is 2.00. The highest BCUT2D eigenvalue weighted by atomic mass is 79.9. The molecule has 1 aromatic carbocycles. The zero-order valence-corrected chi connectivity index (χ0v) is 9.36. The van der Waals surface area contributed by atoms with E-state index >= 15 is 0 Å². The van der Waals surface area contributed by atoms with E-state index in [2.05, 4.69) is 15.9 Å². The summed E-state index contributed by atoms with van der Waals surface area (Å²) in [5.41, 5.74) is 1.04. The molecule has 1 heterocycles. The quantitative estimate of drug-likeness (QED) is 0.714. The van der Waals surface area contributed by atoms with Gasteiger partial charge in [0, 0.05) is 9.37 Å². The van der Waals surface area contributed by atoms with Crippen molar-refractivity contribution in [3.8, 4) is 0 Å². The minimum atomic E-state index is -0.898. The molecule has 0 fully saturated rings. The average molecular weight is 261 g/mol. The zero-order chi connectivity index (χ0) is 9.26. The van der Waals surface area contributed by atoms with Gasteiger partial charge in [-0.1, -0.05) is 22.0 Å². The molecule has 70 valence electrons. The number of halogens is 1. The number of hydrogen-bond acceptors (Lipinski definition) is 2. The molecule has 1 aromatic rings. The van der Waals surface area contributed by atoms with Gasteiger partial charge in [0.15, 0.2) is 0 Å². The molecule has 0 N–H and O–H groups in total. The van der Waals surface area contributed by atoms with E-state index < -0.39 is 10.8 Å². The zero-order valence-electron chi connectivity index (χ0n) is 6.96. The molecular formula is C9H9BrO2S. The fourth-order valence-electron chi connectivity index (χ4n) is 1.29. The molecule has 0 saturated heterocycles. The Morgan fingerprint density at radius 2 is 2.31 bits per heavy atom. The molecule has 1 atom stereocenters. The summed E-state index contributed by atoms with van der Waals surface area (Å²) >= 11 is 3.37. The van der Waals surface area contributed by atoms with Gasteiger partial charge >= 0.3 is 0 Å². The van der Waals surface area contributed by atoms with Crippen LogP contribution in [0.15, 0.2) is 27.6 Å². The molecule has 4 heteroatoms. The summed E-state index contributed by atoms with van der Waals surface area (Å²) < 4.78 is 18.0. The first kappa shape index (κ1) is 9.37. The van der Waals surface area contributed by atoms with E-state index in [0.717, 1.165) is 14.9 Å². The summed E-state index contributed by atoms with van der Waals surface area (Å²) in [4.78, 5) is 0.909. The van der Waals surface area contributed by atoms with Crippen molar-refractivity contribution in [3.05, 3.63) is 28.2 Å². The predicted octanol–water partition coefficient (Wildman–Crippen LogP) is 2.09. The summed E-state index contributed by atoms with van der Waals surface area (Å²) in [6.45, 7) is 1.16. The van der Waals surface area contributed by atoms with E-state index in [1.165, 1.54) is 0 Å². The SMILES string of the molecule is O=S1CCOCc2ccc(Br)cc21. The van der Waals surface area contributed by atoms with Crippen LogP contribution in [0.4, 0.5) is 0 Å². The van der Waals surface area contributed by atoms with Crippen LogP contribution < -0.4 is 0 Å². The minimum absolute atomic E-state index is 0.578. The van der Waals surface area contributed by atoms with E-state index in [1.807, 2.05) is 18.2 Å². The third-order valence-corrected chi connectivity index (χ3v) is 3.85. The van der Waals surface area contributed by atoms with E-state index in [4.69, 9.17) is 4.74 Å². The Balaban J connectivity index is 2.49. The van der Waals surface area contributed by atoms with Crippen molar-refractivity contribution >= 4 is 26.7 Å². The monoisotopic (exact) mass is 260 g/mol. The average Bonchev–Trinajstić information content (AvgIpc) is 2.29. The van der Waals surface area contributed by atoms with Crippen molar-refractivity contribution in [3.63, 3.8) is 0 Å². The molecule has 0 amide bonds. The van der Waals surface area contributed by atoms with E-state index in [0.29, 0.717) is 19.0 Å². The lowest BCUT2D eigenvalue weighted by molar-refractivity contribution is 0.137. The molecule has 13 heavy (non-hydrogen) atoms. The van der Waals surface area contributed by atoms with Gasteiger partial charge in [0.2, 0.25) is 0 Å². The molecule has 0 aliphatic carbocycles. The van der Waals surface area contributed by atoms with Gasteiger partial charge in [0.1, 0.15) is 0 Å². The van der Waals surface area contributed by atoms with Gasteiger partial charge in [-0.05, 0) is 17.7 Å². The Kier molecular flexibility index (Phi) is 2.81. The fourth-order valence-corrected chi connectivity index (χ4v) is 2.97. The van der Waals surface area contributed by atoms with E-state index in [1.54, 1.807) is 0 Å². The Bertz CT molecular complexity index is 351. The number of rotatable bonds is 0. The maximum atomic E-state index is 11.7. The highest BCUT2D eigenvalue weighted by Crippen LogP contribution is 2.22. The van der Waals surface area contributed by atoms with Crippen LogP contribution in [-0.4, -0.2) is 16.6 Å². The smallest absolute Gasteiger partial charge is 0.0729 e. The van der Waals surface area contributed by atoms with Crippen LogP contribution in [0.1, 0.15) is 5.56 Å².